The van der Waals surface area contributed by atoms with E-state index in [0.29, 0.717) is 5.46 Å². The standard InChI is InChI=1S/C17H23BO7/c1-16(2)17(3,4)25-18(24-16)10-8-11(14(19)22-6)13(15(20)23-7)12(9-10)21-5/h8-9H,1-7H3. The van der Waals surface area contributed by atoms with Crippen molar-refractivity contribution in [2.45, 2.75) is 38.9 Å². The van der Waals surface area contributed by atoms with Crippen LogP contribution in [0, 0.1) is 0 Å². The minimum atomic E-state index is -0.714. The van der Waals surface area contributed by atoms with Crippen LogP contribution in [0.2, 0.25) is 0 Å². The lowest BCUT2D eigenvalue weighted by molar-refractivity contribution is 0.00578. The quantitative estimate of drug-likeness (QED) is 0.602. The fraction of sp³-hybridized carbons (Fsp3) is 0.529. The van der Waals surface area contributed by atoms with Crippen LogP contribution in [-0.4, -0.2) is 51.6 Å². The number of benzene rings is 1. The lowest BCUT2D eigenvalue weighted by atomic mass is 9.77. The highest BCUT2D eigenvalue weighted by molar-refractivity contribution is 6.62. The normalized spacial score (nSPS) is 18.0. The first-order valence-corrected chi connectivity index (χ1v) is 7.82. The summed E-state index contributed by atoms with van der Waals surface area (Å²) >= 11 is 0. The molecule has 25 heavy (non-hydrogen) atoms. The molecule has 0 unspecified atom stereocenters. The third-order valence-electron chi connectivity index (χ3n) is 4.66. The molecule has 1 aromatic rings. The highest BCUT2D eigenvalue weighted by Gasteiger charge is 2.52. The van der Waals surface area contributed by atoms with Gasteiger partial charge in [-0.05, 0) is 45.3 Å². The van der Waals surface area contributed by atoms with Crippen molar-refractivity contribution in [3.05, 3.63) is 23.3 Å². The molecule has 2 rings (SSSR count). The van der Waals surface area contributed by atoms with Gasteiger partial charge in [0.05, 0.1) is 38.1 Å². The van der Waals surface area contributed by atoms with Crippen LogP contribution in [0.4, 0.5) is 0 Å². The van der Waals surface area contributed by atoms with Crippen LogP contribution in [0.3, 0.4) is 0 Å². The lowest BCUT2D eigenvalue weighted by Crippen LogP contribution is -2.41. The zero-order chi connectivity index (χ0) is 19.0. The Morgan fingerprint density at radius 2 is 1.44 bits per heavy atom. The molecule has 1 aliphatic rings. The van der Waals surface area contributed by atoms with Gasteiger partial charge in [0.2, 0.25) is 0 Å². The average molecular weight is 350 g/mol. The van der Waals surface area contributed by atoms with E-state index in [1.54, 1.807) is 6.07 Å². The van der Waals surface area contributed by atoms with Crippen LogP contribution >= 0.6 is 0 Å². The summed E-state index contributed by atoms with van der Waals surface area (Å²) in [6, 6.07) is 3.10. The molecule has 1 heterocycles. The van der Waals surface area contributed by atoms with E-state index in [2.05, 4.69) is 0 Å². The predicted molar refractivity (Wildman–Crippen MR) is 91.4 cm³/mol. The molecule has 1 fully saturated rings. The predicted octanol–water partition coefficient (Wildman–Crippen LogP) is 1.57. The van der Waals surface area contributed by atoms with Crippen LogP contribution in [0.1, 0.15) is 48.4 Å². The summed E-state index contributed by atoms with van der Waals surface area (Å²) in [4.78, 5) is 24.3. The van der Waals surface area contributed by atoms with Crippen LogP contribution < -0.4 is 10.2 Å². The molecule has 8 heteroatoms. The van der Waals surface area contributed by atoms with Gasteiger partial charge in [0.25, 0.3) is 0 Å². The van der Waals surface area contributed by atoms with Crippen molar-refractivity contribution in [2.24, 2.45) is 0 Å². The number of esters is 2. The molecule has 0 atom stereocenters. The van der Waals surface area contributed by atoms with Crippen molar-refractivity contribution in [3.8, 4) is 5.75 Å². The van der Waals surface area contributed by atoms with E-state index in [1.165, 1.54) is 27.4 Å². The maximum atomic E-state index is 12.2. The van der Waals surface area contributed by atoms with Gasteiger partial charge in [-0.2, -0.15) is 0 Å². The number of carbonyl (C=O) groups is 2. The smallest absolute Gasteiger partial charge is 0.494 e. The van der Waals surface area contributed by atoms with Gasteiger partial charge < -0.3 is 23.5 Å². The first-order valence-electron chi connectivity index (χ1n) is 7.82. The molecular formula is C17H23BO7. The van der Waals surface area contributed by atoms with Gasteiger partial charge in [-0.15, -0.1) is 0 Å². The number of hydrogen-bond acceptors (Lipinski definition) is 7. The molecule has 1 aromatic carbocycles. The molecule has 1 saturated heterocycles. The summed E-state index contributed by atoms with van der Waals surface area (Å²) < 4.78 is 26.8. The molecule has 1 aliphatic heterocycles. The Bertz CT molecular complexity index is 680. The second-order valence-corrected chi connectivity index (χ2v) is 6.72. The highest BCUT2D eigenvalue weighted by atomic mass is 16.7. The average Bonchev–Trinajstić information content (AvgIpc) is 2.79. The van der Waals surface area contributed by atoms with Gasteiger partial charge in [0, 0.05) is 0 Å². The van der Waals surface area contributed by atoms with Crippen LogP contribution in [0.5, 0.6) is 5.75 Å². The summed E-state index contributed by atoms with van der Waals surface area (Å²) in [6.07, 6.45) is 0. The molecule has 0 bridgehead atoms. The molecule has 0 saturated carbocycles. The van der Waals surface area contributed by atoms with E-state index in [0.717, 1.165) is 0 Å². The van der Waals surface area contributed by atoms with E-state index in [9.17, 15) is 9.59 Å². The first kappa shape index (κ1) is 19.3. The number of carbonyl (C=O) groups excluding carboxylic acids is 2. The van der Waals surface area contributed by atoms with Crippen LogP contribution in [-0.2, 0) is 18.8 Å². The van der Waals surface area contributed by atoms with E-state index in [1.807, 2.05) is 27.7 Å². The fourth-order valence-corrected chi connectivity index (χ4v) is 2.50. The SMILES string of the molecule is COC(=O)c1cc(B2OC(C)(C)C(C)(C)O2)cc(OC)c1C(=O)OC. The van der Waals surface area contributed by atoms with Crippen molar-refractivity contribution < 1.29 is 33.1 Å². The van der Waals surface area contributed by atoms with Gasteiger partial charge in [-0.1, -0.05) is 0 Å². The number of hydrogen-bond donors (Lipinski definition) is 0. The van der Waals surface area contributed by atoms with Gasteiger partial charge in [0.15, 0.2) is 0 Å². The van der Waals surface area contributed by atoms with Crippen molar-refractivity contribution >= 4 is 24.5 Å². The van der Waals surface area contributed by atoms with Crippen molar-refractivity contribution in [2.75, 3.05) is 21.3 Å². The Morgan fingerprint density at radius 1 is 0.920 bits per heavy atom. The van der Waals surface area contributed by atoms with Crippen molar-refractivity contribution in [1.82, 2.24) is 0 Å². The van der Waals surface area contributed by atoms with Gasteiger partial charge in [-0.3, -0.25) is 0 Å². The maximum absolute atomic E-state index is 12.2. The van der Waals surface area contributed by atoms with Gasteiger partial charge in [-0.25, -0.2) is 9.59 Å². The monoisotopic (exact) mass is 350 g/mol. The van der Waals surface area contributed by atoms with E-state index < -0.39 is 30.3 Å². The second-order valence-electron chi connectivity index (χ2n) is 6.72. The van der Waals surface area contributed by atoms with E-state index >= 15 is 0 Å². The third-order valence-corrected chi connectivity index (χ3v) is 4.66. The molecule has 0 aliphatic carbocycles. The van der Waals surface area contributed by atoms with Gasteiger partial charge >= 0.3 is 19.1 Å². The summed E-state index contributed by atoms with van der Waals surface area (Å²) in [7, 11) is 3.15. The zero-order valence-corrected chi connectivity index (χ0v) is 15.6. The zero-order valence-electron chi connectivity index (χ0n) is 15.6. The Hall–Kier alpha value is -2.06. The molecular weight excluding hydrogens is 327 g/mol. The molecule has 0 aromatic heterocycles. The molecule has 0 amide bonds. The lowest BCUT2D eigenvalue weighted by Gasteiger charge is -2.32. The Balaban J connectivity index is 2.59. The Kier molecular flexibility index (Phi) is 5.15. The van der Waals surface area contributed by atoms with Crippen molar-refractivity contribution in [1.29, 1.82) is 0 Å². The first-order chi connectivity index (χ1) is 11.6. The molecule has 0 spiro atoms. The highest BCUT2D eigenvalue weighted by Crippen LogP contribution is 2.37. The minimum Gasteiger partial charge on any atom is -0.496 e. The number of rotatable bonds is 4. The number of methoxy groups -OCH3 is 3. The Morgan fingerprint density at radius 3 is 1.88 bits per heavy atom. The van der Waals surface area contributed by atoms with Crippen molar-refractivity contribution in [3.63, 3.8) is 0 Å². The molecule has 0 radical (unpaired) electrons. The topological polar surface area (TPSA) is 80.3 Å². The fourth-order valence-electron chi connectivity index (χ4n) is 2.50. The minimum absolute atomic E-state index is 0.00267. The van der Waals surface area contributed by atoms with Crippen LogP contribution in [0.25, 0.3) is 0 Å². The van der Waals surface area contributed by atoms with Gasteiger partial charge in [0.1, 0.15) is 11.3 Å². The molecule has 136 valence electrons. The van der Waals surface area contributed by atoms with E-state index in [4.69, 9.17) is 23.5 Å². The van der Waals surface area contributed by atoms with E-state index in [-0.39, 0.29) is 16.9 Å². The van der Waals surface area contributed by atoms with Crippen LogP contribution in [0.15, 0.2) is 12.1 Å². The number of ether oxygens (including phenoxy) is 3. The summed E-state index contributed by atoms with van der Waals surface area (Å²) in [5.74, 6) is -1.20. The molecule has 0 N–H and O–H groups in total. The largest absolute Gasteiger partial charge is 0.496 e. The maximum Gasteiger partial charge on any atom is 0.494 e. The summed E-state index contributed by atoms with van der Waals surface area (Å²) in [6.45, 7) is 7.70. The summed E-state index contributed by atoms with van der Waals surface area (Å²) in [5, 5.41) is 0. The summed E-state index contributed by atoms with van der Waals surface area (Å²) in [5.41, 5.74) is -0.520. The third kappa shape index (κ3) is 3.36. The Labute approximate surface area is 147 Å². The molecule has 7 nitrogen and oxygen atoms in total. The second kappa shape index (κ2) is 6.69.